The number of esters is 1. The van der Waals surface area contributed by atoms with Gasteiger partial charge in [0.2, 0.25) is 0 Å². The lowest BCUT2D eigenvalue weighted by atomic mass is 10.2. The second-order valence-corrected chi connectivity index (χ2v) is 6.53. The Balaban J connectivity index is 2.58. The number of thiazole rings is 1. The van der Waals surface area contributed by atoms with E-state index < -0.39 is 5.97 Å². The Morgan fingerprint density at radius 3 is 2.42 bits per heavy atom. The zero-order valence-corrected chi connectivity index (χ0v) is 12.7. The average Bonchev–Trinajstić information content (AvgIpc) is 2.91. The first-order chi connectivity index (χ1) is 8.93. The number of aryl methyl sites for hydroxylation is 2. The molecular weight excluding hydrogens is 282 g/mol. The topological polar surface area (TPSA) is 56.3 Å². The third-order valence-electron chi connectivity index (χ3n) is 2.60. The van der Waals surface area contributed by atoms with Crippen LogP contribution in [0.5, 0.6) is 0 Å². The number of aromatic nitrogens is 1. The molecule has 4 nitrogen and oxygen atoms in total. The summed E-state index contributed by atoms with van der Waals surface area (Å²) < 4.78 is 4.67. The molecule has 0 fully saturated rings. The molecule has 0 aliphatic carbocycles. The Morgan fingerprint density at radius 1 is 1.26 bits per heavy atom. The quantitative estimate of drug-likeness (QED) is 0.642. The first kappa shape index (κ1) is 13.9. The van der Waals surface area contributed by atoms with Crippen molar-refractivity contribution in [2.75, 3.05) is 7.11 Å². The number of carbonyl (C=O) groups is 2. The van der Waals surface area contributed by atoms with E-state index in [2.05, 4.69) is 9.72 Å². The van der Waals surface area contributed by atoms with Crippen molar-refractivity contribution in [2.45, 2.75) is 20.8 Å². The smallest absolute Gasteiger partial charge is 0.358 e. The Bertz CT molecular complexity index is 655. The molecule has 0 saturated carbocycles. The molecule has 0 radical (unpaired) electrons. The van der Waals surface area contributed by atoms with Crippen molar-refractivity contribution in [3.8, 4) is 10.6 Å². The SMILES string of the molecule is COC(=O)c1nc(-c2cc(C)sc2C)sc1C(C)=O. The second-order valence-electron chi connectivity index (χ2n) is 4.07. The molecule has 100 valence electrons. The summed E-state index contributed by atoms with van der Waals surface area (Å²) in [5.41, 5.74) is 1.09. The van der Waals surface area contributed by atoms with Gasteiger partial charge < -0.3 is 4.74 Å². The Morgan fingerprint density at radius 2 is 1.95 bits per heavy atom. The Labute approximate surface area is 119 Å². The van der Waals surface area contributed by atoms with Gasteiger partial charge in [0, 0.05) is 22.2 Å². The molecule has 0 aliphatic rings. The molecule has 0 atom stereocenters. The van der Waals surface area contributed by atoms with E-state index in [1.807, 2.05) is 19.9 Å². The molecule has 2 aromatic rings. The molecule has 2 heterocycles. The molecule has 0 bridgehead atoms. The molecule has 6 heteroatoms. The summed E-state index contributed by atoms with van der Waals surface area (Å²) in [4.78, 5) is 30.2. The maximum Gasteiger partial charge on any atom is 0.358 e. The molecule has 2 aromatic heterocycles. The van der Waals surface area contributed by atoms with Crippen LogP contribution in [0.3, 0.4) is 0 Å². The van der Waals surface area contributed by atoms with Gasteiger partial charge in [-0.05, 0) is 19.9 Å². The van der Waals surface area contributed by atoms with Gasteiger partial charge in [0.1, 0.15) is 9.88 Å². The molecule has 0 spiro atoms. The fourth-order valence-electron chi connectivity index (χ4n) is 1.75. The van der Waals surface area contributed by atoms with E-state index in [0.717, 1.165) is 10.4 Å². The first-order valence-corrected chi connectivity index (χ1v) is 7.24. The van der Waals surface area contributed by atoms with Crippen LogP contribution >= 0.6 is 22.7 Å². The summed E-state index contributed by atoms with van der Waals surface area (Å²) in [7, 11) is 1.28. The van der Waals surface area contributed by atoms with E-state index in [1.54, 1.807) is 11.3 Å². The van der Waals surface area contributed by atoms with Gasteiger partial charge in [-0.3, -0.25) is 4.79 Å². The lowest BCUT2D eigenvalue weighted by Gasteiger charge is -1.95. The van der Waals surface area contributed by atoms with Gasteiger partial charge in [-0.2, -0.15) is 0 Å². The number of ether oxygens (including phenoxy) is 1. The molecule has 19 heavy (non-hydrogen) atoms. The number of methoxy groups -OCH3 is 1. The van der Waals surface area contributed by atoms with E-state index in [9.17, 15) is 9.59 Å². The average molecular weight is 295 g/mol. The first-order valence-electron chi connectivity index (χ1n) is 5.61. The minimum Gasteiger partial charge on any atom is -0.464 e. The van der Waals surface area contributed by atoms with Crippen LogP contribution in [-0.2, 0) is 4.74 Å². The lowest BCUT2D eigenvalue weighted by molar-refractivity contribution is 0.0591. The number of Topliss-reactive ketones (excluding diaryl/α,β-unsaturated/α-hetero) is 1. The molecule has 0 aromatic carbocycles. The molecule has 0 aliphatic heterocycles. The van der Waals surface area contributed by atoms with Gasteiger partial charge >= 0.3 is 5.97 Å². The van der Waals surface area contributed by atoms with E-state index >= 15 is 0 Å². The van der Waals surface area contributed by atoms with E-state index in [-0.39, 0.29) is 11.5 Å². The third kappa shape index (κ3) is 2.59. The van der Waals surface area contributed by atoms with Crippen LogP contribution in [0.25, 0.3) is 10.6 Å². The van der Waals surface area contributed by atoms with Gasteiger partial charge in [-0.1, -0.05) is 0 Å². The number of carbonyl (C=O) groups excluding carboxylic acids is 2. The highest BCUT2D eigenvalue weighted by molar-refractivity contribution is 7.18. The number of thiophene rings is 1. The zero-order chi connectivity index (χ0) is 14.2. The largest absolute Gasteiger partial charge is 0.464 e. The van der Waals surface area contributed by atoms with Gasteiger partial charge in [-0.25, -0.2) is 9.78 Å². The number of nitrogens with zero attached hydrogens (tertiary/aromatic N) is 1. The monoisotopic (exact) mass is 295 g/mol. The molecule has 0 N–H and O–H groups in total. The van der Waals surface area contributed by atoms with E-state index in [4.69, 9.17) is 0 Å². The maximum absolute atomic E-state index is 11.6. The van der Waals surface area contributed by atoms with Crippen molar-refractivity contribution < 1.29 is 14.3 Å². The predicted molar refractivity (Wildman–Crippen MR) is 76.2 cm³/mol. The molecular formula is C13H13NO3S2. The van der Waals surface area contributed by atoms with Crippen LogP contribution in [-0.4, -0.2) is 23.8 Å². The highest BCUT2D eigenvalue weighted by atomic mass is 32.1. The second kappa shape index (κ2) is 5.22. The third-order valence-corrected chi connectivity index (χ3v) is 4.75. The number of hydrogen-bond donors (Lipinski definition) is 0. The number of hydrogen-bond acceptors (Lipinski definition) is 6. The summed E-state index contributed by atoms with van der Waals surface area (Å²) >= 11 is 2.90. The van der Waals surface area contributed by atoms with Gasteiger partial charge in [0.15, 0.2) is 11.5 Å². The van der Waals surface area contributed by atoms with Crippen molar-refractivity contribution in [3.05, 3.63) is 26.4 Å². The van der Waals surface area contributed by atoms with Gasteiger partial charge in [0.05, 0.1) is 7.11 Å². The summed E-state index contributed by atoms with van der Waals surface area (Å²) in [6.45, 7) is 5.44. The van der Waals surface area contributed by atoms with Crippen LogP contribution in [0.15, 0.2) is 6.07 Å². The van der Waals surface area contributed by atoms with Crippen molar-refractivity contribution in [1.82, 2.24) is 4.98 Å². The van der Waals surface area contributed by atoms with Crippen LogP contribution in [0.1, 0.15) is 36.8 Å². The van der Waals surface area contributed by atoms with Crippen molar-refractivity contribution >= 4 is 34.4 Å². The minimum absolute atomic E-state index is 0.109. The summed E-state index contributed by atoms with van der Waals surface area (Å²) in [6, 6.07) is 2.02. The summed E-state index contributed by atoms with van der Waals surface area (Å²) in [5.74, 6) is -0.744. The van der Waals surface area contributed by atoms with E-state index in [0.29, 0.717) is 9.88 Å². The lowest BCUT2D eigenvalue weighted by Crippen LogP contribution is -2.06. The number of rotatable bonds is 3. The van der Waals surface area contributed by atoms with Crippen LogP contribution in [0.4, 0.5) is 0 Å². The standard InChI is InChI=1S/C13H13NO3S2/c1-6-5-9(8(3)18-6)12-14-10(13(16)17-4)11(19-12)7(2)15/h5H,1-4H3. The van der Waals surface area contributed by atoms with Gasteiger partial charge in [-0.15, -0.1) is 22.7 Å². The molecule has 0 unspecified atom stereocenters. The predicted octanol–water partition coefficient (Wildman–Crippen LogP) is 3.48. The number of ketones is 1. The Hall–Kier alpha value is -1.53. The van der Waals surface area contributed by atoms with E-state index in [1.165, 1.54) is 30.2 Å². The minimum atomic E-state index is -0.572. The zero-order valence-electron chi connectivity index (χ0n) is 11.1. The molecule has 2 rings (SSSR count). The Kier molecular flexibility index (Phi) is 3.82. The molecule has 0 saturated heterocycles. The van der Waals surface area contributed by atoms with Crippen LogP contribution < -0.4 is 0 Å². The fraction of sp³-hybridized carbons (Fsp3) is 0.308. The van der Waals surface area contributed by atoms with Crippen molar-refractivity contribution in [2.24, 2.45) is 0 Å². The summed E-state index contributed by atoms with van der Waals surface area (Å²) in [5, 5.41) is 0.687. The van der Waals surface area contributed by atoms with Crippen molar-refractivity contribution in [3.63, 3.8) is 0 Å². The summed E-state index contributed by atoms with van der Waals surface area (Å²) in [6.07, 6.45) is 0. The fourth-order valence-corrected chi connectivity index (χ4v) is 3.76. The van der Waals surface area contributed by atoms with Crippen LogP contribution in [0, 0.1) is 13.8 Å². The highest BCUT2D eigenvalue weighted by Gasteiger charge is 2.23. The molecule has 0 amide bonds. The van der Waals surface area contributed by atoms with Gasteiger partial charge in [0.25, 0.3) is 0 Å². The maximum atomic E-state index is 11.6. The van der Waals surface area contributed by atoms with Crippen molar-refractivity contribution in [1.29, 1.82) is 0 Å². The normalized spacial score (nSPS) is 10.5. The van der Waals surface area contributed by atoms with Crippen LogP contribution in [0.2, 0.25) is 0 Å². The highest BCUT2D eigenvalue weighted by Crippen LogP contribution is 2.35.